The van der Waals surface area contributed by atoms with Gasteiger partial charge in [-0.25, -0.2) is 8.42 Å². The lowest BCUT2D eigenvalue weighted by molar-refractivity contribution is -0.121. The molecule has 1 fully saturated rings. The smallest absolute Gasteiger partial charge is 0.175 e. The number of hydrogen-bond acceptors (Lipinski definition) is 3. The van der Waals surface area contributed by atoms with Crippen LogP contribution in [0.1, 0.15) is 65.4 Å². The highest BCUT2D eigenvalue weighted by molar-refractivity contribution is 7.90. The first-order valence-corrected chi connectivity index (χ1v) is 12.0. The Bertz CT molecular complexity index is 826. The minimum Gasteiger partial charge on any atom is -0.294 e. The molecule has 0 N–H and O–H groups in total. The molecule has 1 unspecified atom stereocenters. The quantitative estimate of drug-likeness (QED) is 0.523. The summed E-state index contributed by atoms with van der Waals surface area (Å²) in [6, 6.07) is 6.80. The second-order valence-electron chi connectivity index (χ2n) is 9.19. The molecule has 1 aliphatic rings. The van der Waals surface area contributed by atoms with E-state index in [-0.39, 0.29) is 27.9 Å². The van der Waals surface area contributed by atoms with E-state index in [1.54, 1.807) is 24.3 Å². The Morgan fingerprint density at radius 3 is 2.14 bits per heavy atom. The van der Waals surface area contributed by atoms with Crippen molar-refractivity contribution in [2.45, 2.75) is 64.7 Å². The van der Waals surface area contributed by atoms with E-state index in [1.165, 1.54) is 6.26 Å². The SMILES string of the molecule is CC(CF)CC/C(C(=O)C1CCC1)=C(\c1ccc(S(C)(=O)=O)cc1)C(C)(C)C. The zero-order chi connectivity index (χ0) is 21.1. The van der Waals surface area contributed by atoms with Gasteiger partial charge in [0.15, 0.2) is 15.6 Å². The Morgan fingerprint density at radius 1 is 1.18 bits per heavy atom. The third-order valence-electron chi connectivity index (χ3n) is 5.55. The van der Waals surface area contributed by atoms with Crippen molar-refractivity contribution in [3.63, 3.8) is 0 Å². The summed E-state index contributed by atoms with van der Waals surface area (Å²) in [5, 5.41) is 0. The summed E-state index contributed by atoms with van der Waals surface area (Å²) < 4.78 is 36.6. The maximum atomic E-state index is 13.3. The molecule has 0 saturated heterocycles. The molecule has 0 amide bonds. The summed E-state index contributed by atoms with van der Waals surface area (Å²) >= 11 is 0. The number of rotatable bonds is 8. The lowest BCUT2D eigenvalue weighted by atomic mass is 9.72. The van der Waals surface area contributed by atoms with E-state index in [9.17, 15) is 17.6 Å². The number of halogens is 1. The van der Waals surface area contributed by atoms with Crippen molar-refractivity contribution >= 4 is 21.2 Å². The van der Waals surface area contributed by atoms with Gasteiger partial charge in [0.25, 0.3) is 0 Å². The zero-order valence-electron chi connectivity index (χ0n) is 17.7. The average molecular weight is 409 g/mol. The van der Waals surface area contributed by atoms with Crippen molar-refractivity contribution in [1.82, 2.24) is 0 Å². The van der Waals surface area contributed by atoms with Gasteiger partial charge >= 0.3 is 0 Å². The second-order valence-corrected chi connectivity index (χ2v) is 11.2. The molecule has 0 heterocycles. The molecule has 5 heteroatoms. The number of Topliss-reactive ketones (excluding diaryl/α,β-unsaturated/α-hetero) is 1. The van der Waals surface area contributed by atoms with Gasteiger partial charge in [0.05, 0.1) is 11.6 Å². The van der Waals surface area contributed by atoms with E-state index in [2.05, 4.69) is 20.8 Å². The van der Waals surface area contributed by atoms with Crippen LogP contribution in [0.4, 0.5) is 4.39 Å². The highest BCUT2D eigenvalue weighted by atomic mass is 32.2. The predicted octanol–water partition coefficient (Wildman–Crippen LogP) is 5.64. The van der Waals surface area contributed by atoms with Gasteiger partial charge in [0, 0.05) is 12.2 Å². The summed E-state index contributed by atoms with van der Waals surface area (Å²) in [6.45, 7) is 7.68. The third kappa shape index (κ3) is 5.53. The molecule has 1 aromatic carbocycles. The van der Waals surface area contributed by atoms with Gasteiger partial charge in [0.1, 0.15) is 0 Å². The standard InChI is InChI=1S/C23H33FO3S/c1-16(15-24)9-14-20(22(25)18-7-6-8-18)21(23(2,3)4)17-10-12-19(13-11-17)28(5,26)27/h10-13,16,18H,6-9,14-15H2,1-5H3/b21-20-. The zero-order valence-corrected chi connectivity index (χ0v) is 18.5. The van der Waals surface area contributed by atoms with E-state index in [4.69, 9.17) is 0 Å². The topological polar surface area (TPSA) is 51.2 Å². The molecule has 1 saturated carbocycles. The fraction of sp³-hybridized carbons (Fsp3) is 0.609. The number of carbonyl (C=O) groups is 1. The number of allylic oxidation sites excluding steroid dienone is 2. The van der Waals surface area contributed by atoms with Crippen molar-refractivity contribution in [3.8, 4) is 0 Å². The van der Waals surface area contributed by atoms with Gasteiger partial charge in [-0.05, 0) is 65.9 Å². The number of ketones is 1. The summed E-state index contributed by atoms with van der Waals surface area (Å²) in [7, 11) is -3.28. The fourth-order valence-corrected chi connectivity index (χ4v) is 4.32. The molecule has 0 aromatic heterocycles. The summed E-state index contributed by atoms with van der Waals surface area (Å²) in [4.78, 5) is 13.5. The van der Waals surface area contributed by atoms with Crippen molar-refractivity contribution < 1.29 is 17.6 Å². The Hall–Kier alpha value is -1.49. The molecule has 0 bridgehead atoms. The minimum absolute atomic E-state index is 0.0725. The lowest BCUT2D eigenvalue weighted by Crippen LogP contribution is -2.26. The first-order valence-electron chi connectivity index (χ1n) is 10.1. The second kappa shape index (κ2) is 8.89. The number of sulfone groups is 1. The largest absolute Gasteiger partial charge is 0.294 e. The molecule has 3 nitrogen and oxygen atoms in total. The van der Waals surface area contributed by atoms with Crippen molar-refractivity contribution in [2.75, 3.05) is 12.9 Å². The molecule has 156 valence electrons. The predicted molar refractivity (Wildman–Crippen MR) is 113 cm³/mol. The van der Waals surface area contributed by atoms with E-state index in [0.717, 1.165) is 36.0 Å². The van der Waals surface area contributed by atoms with Crippen LogP contribution in [0.5, 0.6) is 0 Å². The van der Waals surface area contributed by atoms with Crippen LogP contribution < -0.4 is 0 Å². The highest BCUT2D eigenvalue weighted by Crippen LogP contribution is 2.42. The highest BCUT2D eigenvalue weighted by Gasteiger charge is 2.33. The van der Waals surface area contributed by atoms with Crippen LogP contribution in [0.15, 0.2) is 34.7 Å². The van der Waals surface area contributed by atoms with Crippen LogP contribution >= 0.6 is 0 Å². The van der Waals surface area contributed by atoms with Gasteiger partial charge < -0.3 is 0 Å². The molecule has 28 heavy (non-hydrogen) atoms. The lowest BCUT2D eigenvalue weighted by Gasteiger charge is -2.31. The molecular formula is C23H33FO3S. The van der Waals surface area contributed by atoms with Crippen molar-refractivity contribution in [1.29, 1.82) is 0 Å². The van der Waals surface area contributed by atoms with Crippen LogP contribution in [-0.2, 0) is 14.6 Å². The Morgan fingerprint density at radius 2 is 1.75 bits per heavy atom. The van der Waals surface area contributed by atoms with Gasteiger partial charge in [0.2, 0.25) is 0 Å². The normalized spacial score (nSPS) is 17.6. The maximum absolute atomic E-state index is 13.3. The minimum atomic E-state index is -3.28. The van der Waals surface area contributed by atoms with E-state index >= 15 is 0 Å². The summed E-state index contributed by atoms with van der Waals surface area (Å²) in [5.74, 6) is 0.177. The summed E-state index contributed by atoms with van der Waals surface area (Å²) in [5.41, 5.74) is 2.33. The Kier molecular flexibility index (Phi) is 7.24. The molecule has 1 atom stereocenters. The Balaban J connectivity index is 2.56. The molecule has 0 radical (unpaired) electrons. The van der Waals surface area contributed by atoms with Gasteiger partial charge in [-0.1, -0.05) is 46.2 Å². The Labute approximate surface area is 169 Å². The first-order chi connectivity index (χ1) is 12.9. The number of benzene rings is 1. The van der Waals surface area contributed by atoms with Crippen molar-refractivity contribution in [2.24, 2.45) is 17.3 Å². The van der Waals surface area contributed by atoms with Crippen LogP contribution in [0, 0.1) is 17.3 Å². The third-order valence-corrected chi connectivity index (χ3v) is 6.68. The van der Waals surface area contributed by atoms with Gasteiger partial charge in [-0.15, -0.1) is 0 Å². The number of hydrogen-bond donors (Lipinski definition) is 0. The molecule has 1 aromatic rings. The molecule has 0 spiro atoms. The molecule has 2 rings (SSSR count). The van der Waals surface area contributed by atoms with Crippen molar-refractivity contribution in [3.05, 3.63) is 35.4 Å². The van der Waals surface area contributed by atoms with Crippen LogP contribution in [0.3, 0.4) is 0 Å². The van der Waals surface area contributed by atoms with Gasteiger partial charge in [-0.3, -0.25) is 9.18 Å². The van der Waals surface area contributed by atoms with Crippen LogP contribution in [0.2, 0.25) is 0 Å². The summed E-state index contributed by atoms with van der Waals surface area (Å²) in [6.07, 6.45) is 5.30. The van der Waals surface area contributed by atoms with E-state index in [0.29, 0.717) is 12.8 Å². The molecule has 0 aliphatic heterocycles. The average Bonchev–Trinajstić information content (AvgIpc) is 2.54. The van der Waals surface area contributed by atoms with E-state index in [1.807, 2.05) is 6.92 Å². The monoisotopic (exact) mass is 408 g/mol. The van der Waals surface area contributed by atoms with Crippen LogP contribution in [-0.4, -0.2) is 27.1 Å². The maximum Gasteiger partial charge on any atom is 0.175 e. The molecular weight excluding hydrogens is 375 g/mol. The number of carbonyl (C=O) groups excluding carboxylic acids is 1. The van der Waals surface area contributed by atoms with Crippen LogP contribution in [0.25, 0.3) is 5.57 Å². The van der Waals surface area contributed by atoms with E-state index < -0.39 is 16.5 Å². The van der Waals surface area contributed by atoms with Gasteiger partial charge in [-0.2, -0.15) is 0 Å². The number of alkyl halides is 1. The first kappa shape index (κ1) is 22.8. The fourth-order valence-electron chi connectivity index (χ4n) is 3.68. The molecule has 1 aliphatic carbocycles.